The topological polar surface area (TPSA) is 77.1 Å². The molecule has 1 heterocycles. The number of amides is 2. The molecule has 0 atom stereocenters. The zero-order chi connectivity index (χ0) is 20.6. The van der Waals surface area contributed by atoms with Gasteiger partial charge in [0.2, 0.25) is 5.91 Å². The van der Waals surface area contributed by atoms with Crippen LogP contribution in [0.25, 0.3) is 0 Å². The molecule has 2 amide bonds. The first-order chi connectivity index (χ1) is 14.1. The molecule has 29 heavy (non-hydrogen) atoms. The number of para-hydroxylation sites is 2. The normalized spacial score (nSPS) is 14.1. The standard InChI is InChI=1S/C22H26N2O5/c1-16(25)23-17-7-9-18(10-8-17)24(19-11-13-28-14-12-19)22(26)15-29-21-6-4-3-5-20(21)27-2/h3-10,19H,11-15H2,1-2H3,(H,23,25). The molecule has 1 aliphatic heterocycles. The van der Waals surface area contributed by atoms with Crippen molar-refractivity contribution < 1.29 is 23.8 Å². The Labute approximate surface area is 170 Å². The van der Waals surface area contributed by atoms with E-state index in [0.717, 1.165) is 18.5 Å². The highest BCUT2D eigenvalue weighted by Crippen LogP contribution is 2.28. The zero-order valence-electron chi connectivity index (χ0n) is 16.7. The number of carbonyl (C=O) groups is 2. The highest BCUT2D eigenvalue weighted by atomic mass is 16.5. The summed E-state index contributed by atoms with van der Waals surface area (Å²) in [6.45, 7) is 2.59. The molecule has 1 aliphatic rings. The van der Waals surface area contributed by atoms with E-state index in [1.54, 1.807) is 36.3 Å². The van der Waals surface area contributed by atoms with Crippen LogP contribution >= 0.6 is 0 Å². The monoisotopic (exact) mass is 398 g/mol. The van der Waals surface area contributed by atoms with E-state index in [1.807, 2.05) is 24.3 Å². The number of rotatable bonds is 7. The molecule has 7 nitrogen and oxygen atoms in total. The third-order valence-electron chi connectivity index (χ3n) is 4.71. The maximum absolute atomic E-state index is 13.1. The molecule has 0 bridgehead atoms. The SMILES string of the molecule is COc1ccccc1OCC(=O)N(c1ccc(NC(C)=O)cc1)C1CCOCC1. The first-order valence-corrected chi connectivity index (χ1v) is 9.61. The fourth-order valence-electron chi connectivity index (χ4n) is 3.36. The second-order valence-corrected chi connectivity index (χ2v) is 6.77. The first-order valence-electron chi connectivity index (χ1n) is 9.61. The van der Waals surface area contributed by atoms with Gasteiger partial charge in [0.1, 0.15) is 0 Å². The summed E-state index contributed by atoms with van der Waals surface area (Å²) in [5, 5.41) is 2.74. The number of carbonyl (C=O) groups excluding carboxylic acids is 2. The molecule has 1 N–H and O–H groups in total. The smallest absolute Gasteiger partial charge is 0.265 e. The van der Waals surface area contributed by atoms with Gasteiger partial charge in [0, 0.05) is 37.6 Å². The number of methoxy groups -OCH3 is 1. The van der Waals surface area contributed by atoms with Crippen LogP contribution in [-0.2, 0) is 14.3 Å². The summed E-state index contributed by atoms with van der Waals surface area (Å²) in [4.78, 5) is 26.1. The Balaban J connectivity index is 1.77. The maximum Gasteiger partial charge on any atom is 0.265 e. The average molecular weight is 398 g/mol. The molecule has 1 fully saturated rings. The third kappa shape index (κ3) is 5.48. The molecule has 0 spiro atoms. The Bertz CT molecular complexity index is 831. The highest BCUT2D eigenvalue weighted by molar-refractivity contribution is 5.95. The van der Waals surface area contributed by atoms with Gasteiger partial charge >= 0.3 is 0 Å². The van der Waals surface area contributed by atoms with Crippen molar-refractivity contribution >= 4 is 23.2 Å². The van der Waals surface area contributed by atoms with E-state index in [0.29, 0.717) is 30.4 Å². The predicted molar refractivity (Wildman–Crippen MR) is 111 cm³/mol. The van der Waals surface area contributed by atoms with Crippen LogP contribution in [0.15, 0.2) is 48.5 Å². The highest BCUT2D eigenvalue weighted by Gasteiger charge is 2.27. The molecule has 0 aromatic heterocycles. The number of nitrogens with one attached hydrogen (secondary N) is 1. The van der Waals surface area contributed by atoms with E-state index < -0.39 is 0 Å². The van der Waals surface area contributed by atoms with Crippen LogP contribution in [-0.4, -0.2) is 44.8 Å². The van der Waals surface area contributed by atoms with Gasteiger partial charge in [0.05, 0.1) is 7.11 Å². The summed E-state index contributed by atoms with van der Waals surface area (Å²) in [5.41, 5.74) is 1.45. The first kappa shape index (κ1) is 20.7. The minimum absolute atomic E-state index is 0.0316. The van der Waals surface area contributed by atoms with Gasteiger partial charge in [-0.1, -0.05) is 12.1 Å². The van der Waals surface area contributed by atoms with Gasteiger partial charge in [-0.05, 0) is 49.2 Å². The van der Waals surface area contributed by atoms with Crippen molar-refractivity contribution in [2.24, 2.45) is 0 Å². The minimum atomic E-state index is -0.143. The number of anilines is 2. The van der Waals surface area contributed by atoms with Gasteiger partial charge in [-0.3, -0.25) is 9.59 Å². The van der Waals surface area contributed by atoms with E-state index in [1.165, 1.54) is 6.92 Å². The van der Waals surface area contributed by atoms with Crippen LogP contribution in [0.5, 0.6) is 11.5 Å². The fourth-order valence-corrected chi connectivity index (χ4v) is 3.36. The molecule has 0 radical (unpaired) electrons. The molecular weight excluding hydrogens is 372 g/mol. The Hall–Kier alpha value is -3.06. The number of hydrogen-bond acceptors (Lipinski definition) is 5. The summed E-state index contributed by atoms with van der Waals surface area (Å²) in [6, 6.07) is 14.5. The van der Waals surface area contributed by atoms with Crippen molar-refractivity contribution in [1.29, 1.82) is 0 Å². The van der Waals surface area contributed by atoms with Gasteiger partial charge in [0.25, 0.3) is 5.91 Å². The molecule has 1 saturated heterocycles. The zero-order valence-corrected chi connectivity index (χ0v) is 16.7. The largest absolute Gasteiger partial charge is 0.493 e. The maximum atomic E-state index is 13.1. The number of hydrogen-bond donors (Lipinski definition) is 1. The number of benzene rings is 2. The van der Waals surface area contributed by atoms with Crippen molar-refractivity contribution in [1.82, 2.24) is 0 Å². The van der Waals surface area contributed by atoms with E-state index >= 15 is 0 Å². The van der Waals surface area contributed by atoms with Crippen LogP contribution in [0.2, 0.25) is 0 Å². The van der Waals surface area contributed by atoms with E-state index in [4.69, 9.17) is 14.2 Å². The Morgan fingerprint density at radius 3 is 2.34 bits per heavy atom. The van der Waals surface area contributed by atoms with E-state index in [2.05, 4.69) is 5.32 Å². The molecule has 0 saturated carbocycles. The van der Waals surface area contributed by atoms with Crippen molar-refractivity contribution in [2.75, 3.05) is 37.1 Å². The van der Waals surface area contributed by atoms with Crippen molar-refractivity contribution in [3.8, 4) is 11.5 Å². The lowest BCUT2D eigenvalue weighted by molar-refractivity contribution is -0.121. The molecule has 2 aromatic carbocycles. The second-order valence-electron chi connectivity index (χ2n) is 6.77. The molecule has 2 aromatic rings. The van der Waals surface area contributed by atoms with Crippen LogP contribution in [0.1, 0.15) is 19.8 Å². The van der Waals surface area contributed by atoms with E-state index in [-0.39, 0.29) is 24.5 Å². The molecule has 0 aliphatic carbocycles. The van der Waals surface area contributed by atoms with Crippen molar-refractivity contribution in [3.63, 3.8) is 0 Å². The lowest BCUT2D eigenvalue weighted by Crippen LogP contribution is -2.45. The predicted octanol–water partition coefficient (Wildman–Crippen LogP) is 3.24. The number of nitrogens with zero attached hydrogens (tertiary/aromatic N) is 1. The lowest BCUT2D eigenvalue weighted by Gasteiger charge is -2.34. The molecular formula is C22H26N2O5. The summed E-state index contributed by atoms with van der Waals surface area (Å²) in [6.07, 6.45) is 1.52. The van der Waals surface area contributed by atoms with Crippen LogP contribution in [0.4, 0.5) is 11.4 Å². The average Bonchev–Trinajstić information content (AvgIpc) is 2.74. The Morgan fingerprint density at radius 2 is 1.72 bits per heavy atom. The molecule has 154 valence electrons. The summed E-state index contributed by atoms with van der Waals surface area (Å²) < 4.78 is 16.5. The lowest BCUT2D eigenvalue weighted by atomic mass is 10.1. The molecule has 7 heteroatoms. The second kappa shape index (κ2) is 9.93. The Morgan fingerprint density at radius 1 is 1.07 bits per heavy atom. The summed E-state index contributed by atoms with van der Waals surface area (Å²) in [7, 11) is 1.56. The van der Waals surface area contributed by atoms with Gasteiger partial charge in [-0.2, -0.15) is 0 Å². The quantitative estimate of drug-likeness (QED) is 0.775. The fraction of sp³-hybridized carbons (Fsp3) is 0.364. The summed E-state index contributed by atoms with van der Waals surface area (Å²) >= 11 is 0. The van der Waals surface area contributed by atoms with Crippen molar-refractivity contribution in [3.05, 3.63) is 48.5 Å². The minimum Gasteiger partial charge on any atom is -0.493 e. The van der Waals surface area contributed by atoms with Gasteiger partial charge < -0.3 is 24.4 Å². The molecule has 3 rings (SSSR count). The van der Waals surface area contributed by atoms with Crippen LogP contribution in [0, 0.1) is 0 Å². The van der Waals surface area contributed by atoms with Gasteiger partial charge in [-0.25, -0.2) is 0 Å². The van der Waals surface area contributed by atoms with E-state index in [9.17, 15) is 9.59 Å². The van der Waals surface area contributed by atoms with Gasteiger partial charge in [-0.15, -0.1) is 0 Å². The number of ether oxygens (including phenoxy) is 3. The van der Waals surface area contributed by atoms with Crippen molar-refractivity contribution in [2.45, 2.75) is 25.8 Å². The van der Waals surface area contributed by atoms with Crippen LogP contribution < -0.4 is 19.7 Å². The van der Waals surface area contributed by atoms with Gasteiger partial charge in [0.15, 0.2) is 18.1 Å². The Kier molecular flexibility index (Phi) is 7.08. The van der Waals surface area contributed by atoms with Crippen LogP contribution in [0.3, 0.4) is 0 Å². The molecule has 0 unspecified atom stereocenters. The third-order valence-corrected chi connectivity index (χ3v) is 4.71. The summed E-state index contributed by atoms with van der Waals surface area (Å²) in [5.74, 6) is 0.823.